The van der Waals surface area contributed by atoms with Gasteiger partial charge in [-0.15, -0.1) is 0 Å². The van der Waals surface area contributed by atoms with Gasteiger partial charge in [0.25, 0.3) is 12.2 Å². The lowest BCUT2D eigenvalue weighted by Crippen LogP contribution is -2.98. The van der Waals surface area contributed by atoms with Gasteiger partial charge < -0.3 is 81.7 Å². The first-order valence-electron chi connectivity index (χ1n) is 15.7. The number of carbonyl (C=O) groups excluding carboxylic acids is 2. The fourth-order valence-electron chi connectivity index (χ4n) is 6.78. The first kappa shape index (κ1) is 46.8. The largest absolute Gasteiger partial charge is 0.416 e. The average Bonchev–Trinajstić information content (AvgIpc) is 3.03. The van der Waals surface area contributed by atoms with Gasteiger partial charge in [0.05, 0.1) is 5.56 Å². The molecule has 0 spiro atoms. The average molecular weight is 855 g/mol. The van der Waals surface area contributed by atoms with E-state index < -0.39 is 131 Å². The Labute approximate surface area is 318 Å². The number of amides is 3. The van der Waals surface area contributed by atoms with E-state index in [1.165, 1.54) is 0 Å². The van der Waals surface area contributed by atoms with Crippen molar-refractivity contribution in [3.05, 3.63) is 70.0 Å². The summed E-state index contributed by atoms with van der Waals surface area (Å²) in [6, 6.07) is -6.20. The van der Waals surface area contributed by atoms with Gasteiger partial charge in [0.15, 0.2) is 5.72 Å². The monoisotopic (exact) mass is 854 g/mol. The lowest BCUT2D eigenvalue weighted by molar-refractivity contribution is -0.629. The van der Waals surface area contributed by atoms with Crippen LogP contribution in [0, 0.1) is 12.7 Å². The van der Waals surface area contributed by atoms with Gasteiger partial charge in [-0.1, -0.05) is 6.07 Å². The van der Waals surface area contributed by atoms with Crippen LogP contribution in [0.4, 0.5) is 31.1 Å². The normalized spacial score (nSPS) is 26.9. The van der Waals surface area contributed by atoms with Crippen molar-refractivity contribution in [1.82, 2.24) is 19.6 Å². The van der Waals surface area contributed by atoms with Crippen molar-refractivity contribution in [2.75, 3.05) is 7.05 Å². The van der Waals surface area contributed by atoms with Crippen LogP contribution in [-0.4, -0.2) is 167 Å². The SMILES string of the molecule is CC(=O)N1C(O)(O)C(O)(O)N(C2C(O)(O)C(O)(O)N(C(=O)N(C)C(C)(O)c3cc(C(F)F)cc(C(F)(F)F)c3)C(O)(c3ccc(F)cc3C)C2(O)O)C(O)(O)C1(O)O. The van der Waals surface area contributed by atoms with Gasteiger partial charge in [0.1, 0.15) is 11.9 Å². The van der Waals surface area contributed by atoms with Crippen LogP contribution in [0.15, 0.2) is 36.4 Å². The maximum absolute atomic E-state index is 14.4. The number of rotatable bonds is 5. The minimum Gasteiger partial charge on any atom is -0.367 e. The summed E-state index contributed by atoms with van der Waals surface area (Å²) in [5, 5.41) is 179. The van der Waals surface area contributed by atoms with Crippen LogP contribution in [0.3, 0.4) is 0 Å². The second kappa shape index (κ2) is 13.3. The number of piperidine rings is 1. The minimum atomic E-state index is -5.50. The molecule has 0 bridgehead atoms. The van der Waals surface area contributed by atoms with Crippen LogP contribution in [0.1, 0.15) is 48.1 Å². The third kappa shape index (κ3) is 6.11. The van der Waals surface area contributed by atoms with Crippen molar-refractivity contribution in [1.29, 1.82) is 0 Å². The molecule has 0 aliphatic carbocycles. The molecular formula is C30H36F6N4O18. The van der Waals surface area contributed by atoms with E-state index in [4.69, 9.17) is 0 Å². The van der Waals surface area contributed by atoms with Crippen LogP contribution < -0.4 is 0 Å². The summed E-state index contributed by atoms with van der Waals surface area (Å²) in [6.07, 6.45) is -9.12. The van der Waals surface area contributed by atoms with Crippen molar-refractivity contribution in [2.24, 2.45) is 0 Å². The van der Waals surface area contributed by atoms with Gasteiger partial charge in [-0.25, -0.2) is 27.8 Å². The highest BCUT2D eigenvalue weighted by Crippen LogP contribution is 2.57. The number of aryl methyl sites for hydroxylation is 1. The van der Waals surface area contributed by atoms with Gasteiger partial charge >= 0.3 is 41.8 Å². The molecule has 28 heteroatoms. The molecule has 2 aromatic rings. The molecule has 0 aromatic heterocycles. The highest BCUT2D eigenvalue weighted by molar-refractivity contribution is 5.78. The number of likely N-dealkylation sites (tertiary alicyclic amines) is 1. The molecule has 2 fully saturated rings. The number of nitrogens with zero attached hydrogens (tertiary/aromatic N) is 4. The van der Waals surface area contributed by atoms with E-state index in [9.17, 15) is 118 Å². The molecule has 22 nitrogen and oxygen atoms in total. The molecule has 2 aromatic carbocycles. The zero-order chi connectivity index (χ0) is 45.3. The number of piperazine rings is 1. The molecule has 2 aliphatic rings. The quantitative estimate of drug-likeness (QED) is 0.0985. The Kier molecular flexibility index (Phi) is 10.7. The number of hydrogen-bond donors (Lipinski definition) is 16. The van der Waals surface area contributed by atoms with E-state index in [1.54, 1.807) is 0 Å². The second-order valence-electron chi connectivity index (χ2n) is 13.7. The Bertz CT molecular complexity index is 1970. The summed E-state index contributed by atoms with van der Waals surface area (Å²) in [5.74, 6) is -40.8. The molecule has 0 radical (unpaired) electrons. The lowest BCUT2D eigenvalue weighted by atomic mass is 9.74. The van der Waals surface area contributed by atoms with Gasteiger partial charge in [0, 0.05) is 30.7 Å². The van der Waals surface area contributed by atoms with E-state index >= 15 is 0 Å². The highest BCUT2D eigenvalue weighted by atomic mass is 19.4. The summed E-state index contributed by atoms with van der Waals surface area (Å²) >= 11 is 0. The summed E-state index contributed by atoms with van der Waals surface area (Å²) < 4.78 is 82.9. The zero-order valence-corrected chi connectivity index (χ0v) is 29.6. The predicted octanol–water partition coefficient (Wildman–Crippen LogP) is -5.45. The number of aliphatic hydroxyl groups is 16. The molecule has 2 saturated heterocycles. The van der Waals surface area contributed by atoms with Gasteiger partial charge in [0.2, 0.25) is 17.4 Å². The van der Waals surface area contributed by atoms with Gasteiger partial charge in [-0.05, 0) is 49.7 Å². The van der Waals surface area contributed by atoms with Gasteiger partial charge in [-0.3, -0.25) is 9.69 Å². The number of alkyl halides is 5. The molecule has 16 N–H and O–H groups in total. The number of urea groups is 1. The second-order valence-corrected chi connectivity index (χ2v) is 13.7. The fraction of sp³-hybridized carbons (Fsp3) is 0.533. The number of hydrogen-bond acceptors (Lipinski definition) is 19. The third-order valence-electron chi connectivity index (χ3n) is 9.95. The van der Waals surface area contributed by atoms with Crippen LogP contribution >= 0.6 is 0 Å². The number of carbonyl (C=O) groups is 2. The van der Waals surface area contributed by atoms with E-state index in [-0.39, 0.29) is 43.1 Å². The summed E-state index contributed by atoms with van der Waals surface area (Å²) in [7, 11) is 0.287. The van der Waals surface area contributed by atoms with Crippen molar-refractivity contribution in [3.63, 3.8) is 0 Å². The fourth-order valence-corrected chi connectivity index (χ4v) is 6.78. The number of halogens is 6. The van der Waals surface area contributed by atoms with E-state index in [2.05, 4.69) is 0 Å². The van der Waals surface area contributed by atoms with Crippen molar-refractivity contribution >= 4 is 11.9 Å². The molecule has 0 saturated carbocycles. The van der Waals surface area contributed by atoms with Crippen LogP contribution in [0.25, 0.3) is 0 Å². The van der Waals surface area contributed by atoms with E-state index in [0.29, 0.717) is 19.1 Å². The zero-order valence-electron chi connectivity index (χ0n) is 29.6. The van der Waals surface area contributed by atoms with Crippen molar-refractivity contribution in [2.45, 2.75) is 92.0 Å². The molecule has 4 rings (SSSR count). The van der Waals surface area contributed by atoms with E-state index in [0.717, 1.165) is 6.92 Å². The van der Waals surface area contributed by atoms with Crippen LogP contribution in [0.2, 0.25) is 0 Å². The lowest BCUT2D eigenvalue weighted by Gasteiger charge is -2.68. The highest BCUT2D eigenvalue weighted by Gasteiger charge is 2.88. The Morgan fingerprint density at radius 3 is 1.60 bits per heavy atom. The topological polar surface area (TPSA) is 371 Å². The molecule has 3 atom stereocenters. The van der Waals surface area contributed by atoms with Crippen LogP contribution in [0.5, 0.6) is 0 Å². The summed E-state index contributed by atoms with van der Waals surface area (Å²) in [4.78, 5) is 21.8. The van der Waals surface area contributed by atoms with Crippen molar-refractivity contribution < 1.29 is 118 Å². The Morgan fingerprint density at radius 2 is 1.19 bits per heavy atom. The Hall–Kier alpha value is -3.92. The smallest absolute Gasteiger partial charge is 0.367 e. The number of benzene rings is 2. The van der Waals surface area contributed by atoms with E-state index in [1.807, 2.05) is 0 Å². The third-order valence-corrected chi connectivity index (χ3v) is 9.95. The first-order chi connectivity index (χ1) is 25.7. The maximum Gasteiger partial charge on any atom is 0.416 e. The molecule has 2 heterocycles. The molecule has 3 unspecified atom stereocenters. The first-order valence-corrected chi connectivity index (χ1v) is 15.7. The Balaban J connectivity index is 2.12. The molecule has 2 aliphatic heterocycles. The predicted molar refractivity (Wildman–Crippen MR) is 164 cm³/mol. The molecular weight excluding hydrogens is 818 g/mol. The standard InChI is InChI=1S/C30H36F6N4O18/c1-11-7-16(31)5-6-17(11)22(44)23(45,46)19(39-29(55,56)27(51,52)38(12(2)41)28(53,54)30(39,57)58)24(47,48)26(49,50)40(22)20(42)37(4)21(3,43)14-8-13(18(32)33)9-15(10-14)25(34,35)36/h5-10,18-19,43-58H,1-4H3. The Morgan fingerprint density at radius 1 is 0.724 bits per heavy atom. The summed E-state index contributed by atoms with van der Waals surface area (Å²) in [5.41, 5.74) is -15.2. The molecule has 326 valence electrons. The van der Waals surface area contributed by atoms with Crippen LogP contribution in [-0.2, 0) is 22.4 Å². The van der Waals surface area contributed by atoms with Gasteiger partial charge in [-0.2, -0.15) is 18.1 Å². The van der Waals surface area contributed by atoms with Crippen molar-refractivity contribution in [3.8, 4) is 0 Å². The molecule has 3 amide bonds. The summed E-state index contributed by atoms with van der Waals surface area (Å²) in [6.45, 7) is 1.28. The molecule has 58 heavy (non-hydrogen) atoms. The minimum absolute atomic E-state index is 0.00889. The maximum atomic E-state index is 14.4.